The molecule has 0 spiro atoms. The van der Waals surface area contributed by atoms with E-state index < -0.39 is 0 Å². The highest BCUT2D eigenvalue weighted by atomic mass is 16.2. The van der Waals surface area contributed by atoms with Crippen LogP contribution in [0.2, 0.25) is 0 Å². The third kappa shape index (κ3) is 2.69. The van der Waals surface area contributed by atoms with E-state index in [0.29, 0.717) is 12.5 Å². The van der Waals surface area contributed by atoms with Crippen molar-refractivity contribution < 1.29 is 4.79 Å². The number of amides is 1. The fraction of sp³-hybridized carbons (Fsp3) is 0.500. The Morgan fingerprint density at radius 3 is 2.95 bits per heavy atom. The van der Waals surface area contributed by atoms with Crippen molar-refractivity contribution >= 4 is 16.8 Å². The van der Waals surface area contributed by atoms with Gasteiger partial charge in [-0.1, -0.05) is 25.1 Å². The van der Waals surface area contributed by atoms with E-state index in [1.165, 1.54) is 11.8 Å². The number of aryl methyl sites for hydroxylation is 1. The number of carbonyl (C=O) groups excluding carboxylic acids is 1. The molecule has 1 aliphatic heterocycles. The lowest BCUT2D eigenvalue weighted by Crippen LogP contribution is -2.44. The van der Waals surface area contributed by atoms with Crippen LogP contribution in [0, 0.1) is 6.92 Å². The van der Waals surface area contributed by atoms with Crippen LogP contribution in [0.4, 0.5) is 0 Å². The highest BCUT2D eigenvalue weighted by molar-refractivity contribution is 5.90. The molecule has 1 atom stereocenters. The van der Waals surface area contributed by atoms with E-state index >= 15 is 0 Å². The Bertz CT molecular complexity index is 644. The predicted molar refractivity (Wildman–Crippen MR) is 86.4 cm³/mol. The molecule has 2 aromatic rings. The molecular weight excluding hydrogens is 260 g/mol. The number of hydrogen-bond acceptors (Lipinski definition) is 1. The van der Waals surface area contributed by atoms with Gasteiger partial charge in [0.25, 0.3) is 0 Å². The zero-order chi connectivity index (χ0) is 14.8. The Morgan fingerprint density at radius 2 is 2.14 bits per heavy atom. The molecule has 0 aliphatic carbocycles. The van der Waals surface area contributed by atoms with Crippen LogP contribution in [0.5, 0.6) is 0 Å². The molecule has 0 saturated carbocycles. The maximum absolute atomic E-state index is 12.7. The maximum atomic E-state index is 12.7. The van der Waals surface area contributed by atoms with Gasteiger partial charge in [0.15, 0.2) is 0 Å². The highest BCUT2D eigenvalue weighted by Crippen LogP contribution is 2.25. The number of piperidine rings is 1. The fourth-order valence-corrected chi connectivity index (χ4v) is 3.57. The van der Waals surface area contributed by atoms with Crippen LogP contribution in [-0.2, 0) is 11.2 Å². The van der Waals surface area contributed by atoms with E-state index in [-0.39, 0.29) is 5.91 Å². The van der Waals surface area contributed by atoms with Crippen LogP contribution < -0.4 is 0 Å². The number of nitrogens with zero attached hydrogens (tertiary/aromatic N) is 1. The molecule has 3 rings (SSSR count). The summed E-state index contributed by atoms with van der Waals surface area (Å²) in [5.74, 6) is 0.286. The molecule has 1 unspecified atom stereocenters. The first kappa shape index (κ1) is 14.2. The third-order valence-electron chi connectivity index (χ3n) is 4.77. The quantitative estimate of drug-likeness (QED) is 0.914. The Hall–Kier alpha value is -1.77. The SMILES string of the molecule is CCC1CCCCN1C(=O)Cc1c(C)[nH]c2ccccc12. The van der Waals surface area contributed by atoms with Gasteiger partial charge >= 0.3 is 0 Å². The number of benzene rings is 1. The summed E-state index contributed by atoms with van der Waals surface area (Å²) < 4.78 is 0. The van der Waals surface area contributed by atoms with E-state index in [0.717, 1.165) is 42.6 Å². The van der Waals surface area contributed by atoms with Gasteiger partial charge in [-0.2, -0.15) is 0 Å². The van der Waals surface area contributed by atoms with Crippen LogP contribution in [0.3, 0.4) is 0 Å². The molecule has 1 aliphatic rings. The zero-order valence-electron chi connectivity index (χ0n) is 13.0. The van der Waals surface area contributed by atoms with Gasteiger partial charge in [-0.25, -0.2) is 0 Å². The van der Waals surface area contributed by atoms with Gasteiger partial charge in [-0.05, 0) is 44.2 Å². The Labute approximate surface area is 126 Å². The lowest BCUT2D eigenvalue weighted by Gasteiger charge is -2.35. The molecule has 0 bridgehead atoms. The van der Waals surface area contributed by atoms with Gasteiger partial charge in [0.1, 0.15) is 0 Å². The number of aromatic amines is 1. The molecule has 3 nitrogen and oxygen atoms in total. The molecule has 1 saturated heterocycles. The van der Waals surface area contributed by atoms with Crippen molar-refractivity contribution in [1.82, 2.24) is 9.88 Å². The second-order valence-corrected chi connectivity index (χ2v) is 6.10. The van der Waals surface area contributed by atoms with Crippen molar-refractivity contribution in [2.45, 2.75) is 52.0 Å². The van der Waals surface area contributed by atoms with Crippen LogP contribution in [0.15, 0.2) is 24.3 Å². The molecule has 1 amide bonds. The van der Waals surface area contributed by atoms with Gasteiger partial charge in [0.2, 0.25) is 5.91 Å². The summed E-state index contributed by atoms with van der Waals surface area (Å²) in [5, 5.41) is 1.19. The average Bonchev–Trinajstić information content (AvgIpc) is 2.83. The standard InChI is InChI=1S/C18H24N2O/c1-3-14-8-6-7-11-20(14)18(21)12-16-13(2)19-17-10-5-4-9-15(16)17/h4-5,9-10,14,19H,3,6-8,11-12H2,1-2H3. The number of aromatic nitrogens is 1. The van der Waals surface area contributed by atoms with Crippen LogP contribution in [-0.4, -0.2) is 28.4 Å². The summed E-state index contributed by atoms with van der Waals surface area (Å²) in [4.78, 5) is 18.2. The Kier molecular flexibility index (Phi) is 4.00. The van der Waals surface area contributed by atoms with Gasteiger partial charge in [-0.15, -0.1) is 0 Å². The fourth-order valence-electron chi connectivity index (χ4n) is 3.57. The molecule has 1 aromatic heterocycles. The zero-order valence-corrected chi connectivity index (χ0v) is 13.0. The largest absolute Gasteiger partial charge is 0.358 e. The van der Waals surface area contributed by atoms with Gasteiger partial charge in [0.05, 0.1) is 6.42 Å². The first-order chi connectivity index (χ1) is 10.2. The molecule has 3 heteroatoms. The lowest BCUT2D eigenvalue weighted by atomic mass is 9.98. The number of carbonyl (C=O) groups is 1. The van der Waals surface area contributed by atoms with Gasteiger partial charge in [0, 0.05) is 29.2 Å². The topological polar surface area (TPSA) is 36.1 Å². The van der Waals surface area contributed by atoms with Crippen molar-refractivity contribution in [2.75, 3.05) is 6.54 Å². The van der Waals surface area contributed by atoms with E-state index in [2.05, 4.69) is 35.9 Å². The van der Waals surface area contributed by atoms with Crippen molar-refractivity contribution in [3.63, 3.8) is 0 Å². The summed E-state index contributed by atoms with van der Waals surface area (Å²) in [6.45, 7) is 5.18. The summed E-state index contributed by atoms with van der Waals surface area (Å²) in [5.41, 5.74) is 3.41. The highest BCUT2D eigenvalue weighted by Gasteiger charge is 2.26. The maximum Gasteiger partial charge on any atom is 0.227 e. The van der Waals surface area contributed by atoms with Crippen LogP contribution in [0.1, 0.15) is 43.9 Å². The molecule has 0 radical (unpaired) electrons. The third-order valence-corrected chi connectivity index (χ3v) is 4.77. The normalized spacial score (nSPS) is 19.1. The number of para-hydroxylation sites is 1. The van der Waals surface area contributed by atoms with Crippen molar-refractivity contribution in [3.8, 4) is 0 Å². The second-order valence-electron chi connectivity index (χ2n) is 6.10. The first-order valence-corrected chi connectivity index (χ1v) is 8.06. The molecule has 2 heterocycles. The number of fused-ring (bicyclic) bond motifs is 1. The van der Waals surface area contributed by atoms with Gasteiger partial charge < -0.3 is 9.88 Å². The first-order valence-electron chi connectivity index (χ1n) is 8.06. The summed E-state index contributed by atoms with van der Waals surface area (Å²) >= 11 is 0. The van der Waals surface area contributed by atoms with Crippen molar-refractivity contribution in [3.05, 3.63) is 35.5 Å². The number of hydrogen-bond donors (Lipinski definition) is 1. The summed E-state index contributed by atoms with van der Waals surface area (Å²) in [7, 11) is 0. The van der Waals surface area contributed by atoms with Crippen molar-refractivity contribution in [2.24, 2.45) is 0 Å². The summed E-state index contributed by atoms with van der Waals surface area (Å²) in [6.07, 6.45) is 5.16. The Balaban J connectivity index is 1.84. The van der Waals surface area contributed by atoms with Crippen LogP contribution in [0.25, 0.3) is 10.9 Å². The average molecular weight is 284 g/mol. The number of nitrogens with one attached hydrogen (secondary N) is 1. The smallest absolute Gasteiger partial charge is 0.227 e. The molecule has 1 fully saturated rings. The monoisotopic (exact) mass is 284 g/mol. The summed E-state index contributed by atoms with van der Waals surface area (Å²) in [6, 6.07) is 8.69. The van der Waals surface area contributed by atoms with E-state index in [9.17, 15) is 4.79 Å². The number of likely N-dealkylation sites (tertiary alicyclic amines) is 1. The number of rotatable bonds is 3. The van der Waals surface area contributed by atoms with E-state index in [1.54, 1.807) is 0 Å². The molecule has 21 heavy (non-hydrogen) atoms. The van der Waals surface area contributed by atoms with E-state index in [1.807, 2.05) is 12.1 Å². The molecule has 1 aromatic carbocycles. The number of H-pyrrole nitrogens is 1. The van der Waals surface area contributed by atoms with Gasteiger partial charge in [-0.3, -0.25) is 4.79 Å². The Morgan fingerprint density at radius 1 is 1.33 bits per heavy atom. The molecule has 112 valence electrons. The van der Waals surface area contributed by atoms with Crippen LogP contribution >= 0.6 is 0 Å². The minimum atomic E-state index is 0.286. The lowest BCUT2D eigenvalue weighted by molar-refractivity contribution is -0.134. The molecule has 1 N–H and O–H groups in total. The minimum Gasteiger partial charge on any atom is -0.358 e. The van der Waals surface area contributed by atoms with Crippen molar-refractivity contribution in [1.29, 1.82) is 0 Å². The minimum absolute atomic E-state index is 0.286. The predicted octanol–water partition coefficient (Wildman–Crippen LogP) is 3.81. The van der Waals surface area contributed by atoms with E-state index in [4.69, 9.17) is 0 Å². The molecular formula is C18H24N2O. The second kappa shape index (κ2) is 5.92.